The van der Waals surface area contributed by atoms with Crippen LogP contribution in [0.15, 0.2) is 67.1 Å². The molecule has 5 rings (SSSR count). The summed E-state index contributed by atoms with van der Waals surface area (Å²) in [7, 11) is 1.91. The Bertz CT molecular complexity index is 1390. The lowest BCUT2D eigenvalue weighted by Crippen LogP contribution is -2.00. The van der Waals surface area contributed by atoms with Crippen molar-refractivity contribution < 1.29 is 0 Å². The van der Waals surface area contributed by atoms with Crippen molar-refractivity contribution >= 4 is 22.7 Å². The fourth-order valence-corrected chi connectivity index (χ4v) is 3.48. The lowest BCUT2D eigenvalue weighted by molar-refractivity contribution is 0.778. The van der Waals surface area contributed by atoms with Crippen LogP contribution in [0.1, 0.15) is 25.3 Å². The molecule has 0 bridgehead atoms. The summed E-state index contributed by atoms with van der Waals surface area (Å²) in [6.45, 7) is 4.25. The van der Waals surface area contributed by atoms with Crippen LogP contribution in [0, 0.1) is 0 Å². The molecule has 0 saturated carbocycles. The van der Waals surface area contributed by atoms with Gasteiger partial charge in [-0.1, -0.05) is 19.9 Å². The van der Waals surface area contributed by atoms with Crippen LogP contribution in [-0.2, 0) is 7.05 Å². The number of pyridine rings is 3. The van der Waals surface area contributed by atoms with Gasteiger partial charge in [-0.25, -0.2) is 4.98 Å². The first-order valence-electron chi connectivity index (χ1n) is 10.4. The fraction of sp³-hybridized carbons (Fsp3) is 0.167. The minimum Gasteiger partial charge on any atom is -0.323 e. The highest BCUT2D eigenvalue weighted by Gasteiger charge is 2.12. The largest absolute Gasteiger partial charge is 0.323 e. The maximum absolute atomic E-state index is 4.74. The smallest absolute Gasteiger partial charge is 0.154 e. The normalized spacial score (nSPS) is 11.2. The predicted molar refractivity (Wildman–Crippen MR) is 124 cm³/mol. The molecule has 8 nitrogen and oxygen atoms in total. The van der Waals surface area contributed by atoms with Gasteiger partial charge in [0, 0.05) is 25.0 Å². The maximum Gasteiger partial charge on any atom is 0.154 e. The molecule has 0 spiro atoms. The molecule has 0 atom stereocenters. The van der Waals surface area contributed by atoms with E-state index in [1.165, 1.54) is 0 Å². The van der Waals surface area contributed by atoms with Gasteiger partial charge in [0.2, 0.25) is 0 Å². The summed E-state index contributed by atoms with van der Waals surface area (Å²) in [5, 5.41) is 16.1. The standard InChI is InChI=1S/C24H22N8/c1-15(2)16-11-24(30-27-14-16)29-23-8-7-19-20(28-23)10-17(13-26-19)22-12-21(31-32(22)3)18-6-4-5-9-25-18/h4-15H,1-3H3,(H,28,29,30). The number of hydrogen-bond acceptors (Lipinski definition) is 7. The van der Waals surface area contributed by atoms with Crippen molar-refractivity contribution in [1.82, 2.24) is 34.9 Å². The minimum absolute atomic E-state index is 0.372. The summed E-state index contributed by atoms with van der Waals surface area (Å²) >= 11 is 0. The lowest BCUT2D eigenvalue weighted by atomic mass is 10.1. The van der Waals surface area contributed by atoms with Crippen LogP contribution in [0.2, 0.25) is 0 Å². The third-order valence-corrected chi connectivity index (χ3v) is 5.24. The van der Waals surface area contributed by atoms with Gasteiger partial charge in [-0.15, -0.1) is 5.10 Å². The second-order valence-corrected chi connectivity index (χ2v) is 7.87. The molecule has 158 valence electrons. The molecule has 5 aromatic heterocycles. The molecule has 1 N–H and O–H groups in total. The van der Waals surface area contributed by atoms with Crippen molar-refractivity contribution in [2.24, 2.45) is 7.05 Å². The molecule has 8 heteroatoms. The molecule has 32 heavy (non-hydrogen) atoms. The molecule has 0 saturated heterocycles. The monoisotopic (exact) mass is 422 g/mol. The third kappa shape index (κ3) is 3.90. The van der Waals surface area contributed by atoms with Gasteiger partial charge < -0.3 is 5.32 Å². The zero-order chi connectivity index (χ0) is 22.1. The van der Waals surface area contributed by atoms with E-state index in [2.05, 4.69) is 44.4 Å². The Morgan fingerprint density at radius 3 is 2.59 bits per heavy atom. The van der Waals surface area contributed by atoms with Gasteiger partial charge >= 0.3 is 0 Å². The highest BCUT2D eigenvalue weighted by molar-refractivity contribution is 5.82. The van der Waals surface area contributed by atoms with Crippen molar-refractivity contribution in [3.63, 3.8) is 0 Å². The number of rotatable bonds is 5. The molecule has 0 aliphatic heterocycles. The molecule has 0 aromatic carbocycles. The Labute approximate surface area is 185 Å². The number of hydrogen-bond donors (Lipinski definition) is 1. The zero-order valence-corrected chi connectivity index (χ0v) is 18.1. The summed E-state index contributed by atoms with van der Waals surface area (Å²) in [5.41, 5.74) is 6.23. The highest BCUT2D eigenvalue weighted by Crippen LogP contribution is 2.27. The average Bonchev–Trinajstić information content (AvgIpc) is 3.21. The number of anilines is 2. The van der Waals surface area contributed by atoms with Crippen LogP contribution in [-0.4, -0.2) is 34.9 Å². The third-order valence-electron chi connectivity index (χ3n) is 5.24. The fourth-order valence-electron chi connectivity index (χ4n) is 3.48. The van der Waals surface area contributed by atoms with Crippen molar-refractivity contribution in [3.05, 3.63) is 72.7 Å². The zero-order valence-electron chi connectivity index (χ0n) is 18.1. The van der Waals surface area contributed by atoms with Crippen molar-refractivity contribution in [1.29, 1.82) is 0 Å². The van der Waals surface area contributed by atoms with Crippen LogP contribution in [0.25, 0.3) is 33.7 Å². The Morgan fingerprint density at radius 2 is 1.78 bits per heavy atom. The first kappa shape index (κ1) is 19.7. The average molecular weight is 422 g/mol. The Kier molecular flexibility index (Phi) is 5.03. The summed E-state index contributed by atoms with van der Waals surface area (Å²) in [6, 6.07) is 15.6. The van der Waals surface area contributed by atoms with E-state index >= 15 is 0 Å². The minimum atomic E-state index is 0.372. The lowest BCUT2D eigenvalue weighted by Gasteiger charge is -2.09. The van der Waals surface area contributed by atoms with Gasteiger partial charge in [-0.05, 0) is 53.9 Å². The predicted octanol–water partition coefficient (Wildman–Crippen LogP) is 4.75. The van der Waals surface area contributed by atoms with Crippen LogP contribution < -0.4 is 5.32 Å². The van der Waals surface area contributed by atoms with Crippen molar-refractivity contribution in [2.75, 3.05) is 5.32 Å². The number of aromatic nitrogens is 7. The van der Waals surface area contributed by atoms with Crippen LogP contribution in [0.4, 0.5) is 11.6 Å². The Morgan fingerprint density at radius 1 is 0.875 bits per heavy atom. The molecular weight excluding hydrogens is 400 g/mol. The van der Waals surface area contributed by atoms with Crippen LogP contribution >= 0.6 is 0 Å². The summed E-state index contributed by atoms with van der Waals surface area (Å²) < 4.78 is 1.84. The van der Waals surface area contributed by atoms with E-state index in [0.29, 0.717) is 17.6 Å². The second-order valence-electron chi connectivity index (χ2n) is 7.87. The van der Waals surface area contributed by atoms with Gasteiger partial charge in [0.1, 0.15) is 11.5 Å². The Hall–Kier alpha value is -4.20. The van der Waals surface area contributed by atoms with Gasteiger partial charge in [0.05, 0.1) is 28.6 Å². The number of nitrogens with zero attached hydrogens (tertiary/aromatic N) is 7. The second kappa shape index (κ2) is 8.14. The molecule has 5 aromatic rings. The Balaban J connectivity index is 1.48. The van der Waals surface area contributed by atoms with E-state index < -0.39 is 0 Å². The molecule has 0 radical (unpaired) electrons. The van der Waals surface area contributed by atoms with E-state index in [0.717, 1.165) is 39.2 Å². The first-order valence-corrected chi connectivity index (χ1v) is 10.4. The highest BCUT2D eigenvalue weighted by atomic mass is 15.3. The molecule has 0 aliphatic rings. The number of nitrogens with one attached hydrogen (secondary N) is 1. The van der Waals surface area contributed by atoms with Gasteiger partial charge in [-0.3, -0.25) is 14.6 Å². The van der Waals surface area contributed by atoms with E-state index in [4.69, 9.17) is 4.98 Å². The quantitative estimate of drug-likeness (QED) is 0.437. The summed E-state index contributed by atoms with van der Waals surface area (Å²) in [4.78, 5) is 13.7. The molecule has 0 unspecified atom stereocenters. The summed E-state index contributed by atoms with van der Waals surface area (Å²) in [6.07, 6.45) is 5.39. The molecular formula is C24H22N8. The van der Waals surface area contributed by atoms with Gasteiger partial charge in [0.15, 0.2) is 5.82 Å². The summed E-state index contributed by atoms with van der Waals surface area (Å²) in [5.74, 6) is 1.72. The molecule has 0 aliphatic carbocycles. The van der Waals surface area contributed by atoms with Crippen LogP contribution in [0.3, 0.4) is 0 Å². The van der Waals surface area contributed by atoms with E-state index in [9.17, 15) is 0 Å². The maximum atomic E-state index is 4.74. The van der Waals surface area contributed by atoms with Gasteiger partial charge in [0.25, 0.3) is 0 Å². The number of fused-ring (bicyclic) bond motifs is 1. The van der Waals surface area contributed by atoms with Crippen molar-refractivity contribution in [3.8, 4) is 22.6 Å². The first-order chi connectivity index (χ1) is 15.6. The number of aryl methyl sites for hydroxylation is 1. The van der Waals surface area contributed by atoms with E-state index in [1.54, 1.807) is 12.4 Å². The van der Waals surface area contributed by atoms with Crippen LogP contribution in [0.5, 0.6) is 0 Å². The van der Waals surface area contributed by atoms with Gasteiger partial charge in [-0.2, -0.15) is 10.2 Å². The van der Waals surface area contributed by atoms with E-state index in [1.807, 2.05) is 66.5 Å². The van der Waals surface area contributed by atoms with Crippen molar-refractivity contribution in [2.45, 2.75) is 19.8 Å². The molecule has 0 fully saturated rings. The van der Waals surface area contributed by atoms with E-state index in [-0.39, 0.29) is 0 Å². The topological polar surface area (TPSA) is 94.3 Å². The molecule has 5 heterocycles. The molecule has 0 amide bonds. The SMILES string of the molecule is CC(C)c1cnnc(Nc2ccc3ncc(-c4cc(-c5ccccn5)nn4C)cc3n2)c1.